The molecule has 0 aliphatic heterocycles. The first-order chi connectivity index (χ1) is 12.2. The lowest BCUT2D eigenvalue weighted by molar-refractivity contribution is 0.252. The number of hydrogen-bond acceptors (Lipinski definition) is 4. The highest BCUT2D eigenvalue weighted by Gasteiger charge is 2.08. The molecular weight excluding hydrogens is 320 g/mol. The Morgan fingerprint density at radius 3 is 2.36 bits per heavy atom. The Kier molecular flexibility index (Phi) is 6.95. The van der Waals surface area contributed by atoms with Gasteiger partial charge < -0.3 is 24.8 Å². The molecular formula is C19H24N2O4. The van der Waals surface area contributed by atoms with Gasteiger partial charge in [-0.2, -0.15) is 0 Å². The van der Waals surface area contributed by atoms with Gasteiger partial charge in [-0.25, -0.2) is 4.79 Å². The highest BCUT2D eigenvalue weighted by Crippen LogP contribution is 2.28. The van der Waals surface area contributed by atoms with Crippen molar-refractivity contribution in [1.29, 1.82) is 0 Å². The van der Waals surface area contributed by atoms with Gasteiger partial charge in [0.05, 0.1) is 26.5 Å². The van der Waals surface area contributed by atoms with E-state index in [0.29, 0.717) is 30.3 Å². The van der Waals surface area contributed by atoms with Crippen molar-refractivity contribution in [3.63, 3.8) is 0 Å². The second-order valence-electron chi connectivity index (χ2n) is 5.27. The molecule has 0 spiro atoms. The fourth-order valence-electron chi connectivity index (χ4n) is 2.31. The van der Waals surface area contributed by atoms with Gasteiger partial charge in [-0.3, -0.25) is 0 Å². The normalized spacial score (nSPS) is 10.0. The number of rotatable bonds is 8. The minimum Gasteiger partial charge on any atom is -0.497 e. The molecule has 0 saturated carbocycles. The molecule has 0 aromatic heterocycles. The van der Waals surface area contributed by atoms with E-state index in [0.717, 1.165) is 17.7 Å². The minimum absolute atomic E-state index is 0.283. The second-order valence-corrected chi connectivity index (χ2v) is 5.27. The number of carbonyl (C=O) groups is 1. The largest absolute Gasteiger partial charge is 0.497 e. The zero-order chi connectivity index (χ0) is 18.1. The number of hydrogen-bond donors (Lipinski definition) is 2. The first-order valence-corrected chi connectivity index (χ1v) is 8.15. The molecule has 2 N–H and O–H groups in total. The summed E-state index contributed by atoms with van der Waals surface area (Å²) in [5, 5.41) is 5.61. The number of benzene rings is 2. The Hall–Kier alpha value is -2.89. The van der Waals surface area contributed by atoms with Crippen LogP contribution < -0.4 is 24.8 Å². The maximum Gasteiger partial charge on any atom is 0.319 e. The summed E-state index contributed by atoms with van der Waals surface area (Å²) in [6, 6.07) is 12.8. The monoisotopic (exact) mass is 344 g/mol. The van der Waals surface area contributed by atoms with E-state index in [-0.39, 0.29) is 6.03 Å². The molecule has 0 unspecified atom stereocenters. The molecule has 6 heteroatoms. The first-order valence-electron chi connectivity index (χ1n) is 8.15. The zero-order valence-corrected chi connectivity index (χ0v) is 14.8. The Labute approximate surface area is 148 Å². The lowest BCUT2D eigenvalue weighted by Crippen LogP contribution is -2.30. The number of nitrogens with one attached hydrogen (secondary N) is 2. The van der Waals surface area contributed by atoms with E-state index in [9.17, 15) is 4.79 Å². The van der Waals surface area contributed by atoms with Crippen LogP contribution in [-0.4, -0.2) is 33.4 Å². The van der Waals surface area contributed by atoms with E-state index in [1.54, 1.807) is 32.4 Å². The Bertz CT molecular complexity index is 686. The number of anilines is 1. The summed E-state index contributed by atoms with van der Waals surface area (Å²) in [6.45, 7) is 3.13. The predicted molar refractivity (Wildman–Crippen MR) is 97.9 cm³/mol. The summed E-state index contributed by atoms with van der Waals surface area (Å²) in [5.74, 6) is 2.06. The molecule has 134 valence electrons. The van der Waals surface area contributed by atoms with Crippen LogP contribution in [0.4, 0.5) is 10.5 Å². The van der Waals surface area contributed by atoms with Crippen molar-refractivity contribution >= 4 is 11.7 Å². The molecule has 0 atom stereocenters. The first kappa shape index (κ1) is 18.4. The molecule has 2 aromatic rings. The molecule has 0 saturated heterocycles. The third-order valence-electron chi connectivity index (χ3n) is 3.59. The smallest absolute Gasteiger partial charge is 0.319 e. The summed E-state index contributed by atoms with van der Waals surface area (Å²) < 4.78 is 15.8. The molecule has 0 bridgehead atoms. The molecule has 25 heavy (non-hydrogen) atoms. The van der Waals surface area contributed by atoms with Crippen molar-refractivity contribution in [2.24, 2.45) is 0 Å². The Morgan fingerprint density at radius 2 is 1.72 bits per heavy atom. The third-order valence-corrected chi connectivity index (χ3v) is 3.59. The SMILES string of the molecule is CCOc1ccc(CCNC(=O)Nc2ccc(OC)cc2OC)cc1. The molecule has 2 amide bonds. The fourth-order valence-corrected chi connectivity index (χ4v) is 2.31. The van der Waals surface area contributed by atoms with Gasteiger partial charge in [0.15, 0.2) is 0 Å². The highest BCUT2D eigenvalue weighted by molar-refractivity contribution is 5.91. The van der Waals surface area contributed by atoms with Crippen LogP contribution in [0.2, 0.25) is 0 Å². The van der Waals surface area contributed by atoms with E-state index in [4.69, 9.17) is 14.2 Å². The van der Waals surface area contributed by atoms with E-state index in [1.807, 2.05) is 31.2 Å². The molecule has 0 heterocycles. The zero-order valence-electron chi connectivity index (χ0n) is 14.8. The van der Waals surface area contributed by atoms with E-state index < -0.39 is 0 Å². The highest BCUT2D eigenvalue weighted by atomic mass is 16.5. The van der Waals surface area contributed by atoms with Crippen LogP contribution in [-0.2, 0) is 6.42 Å². The van der Waals surface area contributed by atoms with Crippen molar-refractivity contribution in [1.82, 2.24) is 5.32 Å². The average molecular weight is 344 g/mol. The van der Waals surface area contributed by atoms with Crippen LogP contribution >= 0.6 is 0 Å². The quantitative estimate of drug-likeness (QED) is 0.769. The number of amides is 2. The molecule has 6 nitrogen and oxygen atoms in total. The van der Waals surface area contributed by atoms with Crippen LogP contribution in [0.3, 0.4) is 0 Å². The summed E-state index contributed by atoms with van der Waals surface area (Å²) in [5.41, 5.74) is 1.72. The number of urea groups is 1. The van der Waals surface area contributed by atoms with Crippen LogP contribution in [0, 0.1) is 0 Å². The third kappa shape index (κ3) is 5.60. The second kappa shape index (κ2) is 9.42. The van der Waals surface area contributed by atoms with Crippen molar-refractivity contribution in [2.45, 2.75) is 13.3 Å². The molecule has 0 radical (unpaired) electrons. The van der Waals surface area contributed by atoms with E-state index >= 15 is 0 Å². The van der Waals surface area contributed by atoms with Gasteiger partial charge in [0, 0.05) is 12.6 Å². The summed E-state index contributed by atoms with van der Waals surface area (Å²) in [4.78, 5) is 12.0. The van der Waals surface area contributed by atoms with Crippen LogP contribution in [0.5, 0.6) is 17.2 Å². The van der Waals surface area contributed by atoms with Gasteiger partial charge in [0.2, 0.25) is 0 Å². The van der Waals surface area contributed by atoms with Crippen LogP contribution in [0.25, 0.3) is 0 Å². The predicted octanol–water partition coefficient (Wildman–Crippen LogP) is 3.47. The van der Waals surface area contributed by atoms with Gasteiger partial charge in [-0.1, -0.05) is 12.1 Å². The molecule has 0 fully saturated rings. The van der Waals surface area contributed by atoms with Gasteiger partial charge in [-0.15, -0.1) is 0 Å². The van der Waals surface area contributed by atoms with Crippen molar-refractivity contribution < 1.29 is 19.0 Å². The van der Waals surface area contributed by atoms with Gasteiger partial charge in [0.25, 0.3) is 0 Å². The Morgan fingerprint density at radius 1 is 1.00 bits per heavy atom. The lowest BCUT2D eigenvalue weighted by Gasteiger charge is -2.12. The number of carbonyl (C=O) groups excluding carboxylic acids is 1. The standard InChI is InChI=1S/C19H24N2O4/c1-4-25-15-7-5-14(6-8-15)11-12-20-19(22)21-17-10-9-16(23-2)13-18(17)24-3/h5-10,13H,4,11-12H2,1-3H3,(H2,20,21,22). The molecule has 0 aliphatic carbocycles. The summed E-state index contributed by atoms with van der Waals surface area (Å²) >= 11 is 0. The average Bonchev–Trinajstić information content (AvgIpc) is 2.63. The molecule has 2 aromatic carbocycles. The topological polar surface area (TPSA) is 68.8 Å². The fraction of sp³-hybridized carbons (Fsp3) is 0.316. The summed E-state index contributed by atoms with van der Waals surface area (Å²) in [7, 11) is 3.12. The van der Waals surface area contributed by atoms with Crippen LogP contribution in [0.1, 0.15) is 12.5 Å². The van der Waals surface area contributed by atoms with Crippen molar-refractivity contribution in [3.8, 4) is 17.2 Å². The number of ether oxygens (including phenoxy) is 3. The minimum atomic E-state index is -0.283. The molecule has 2 rings (SSSR count). The lowest BCUT2D eigenvalue weighted by atomic mass is 10.1. The van der Waals surface area contributed by atoms with Crippen LogP contribution in [0.15, 0.2) is 42.5 Å². The van der Waals surface area contributed by atoms with Gasteiger partial charge in [-0.05, 0) is 43.2 Å². The van der Waals surface area contributed by atoms with Gasteiger partial charge >= 0.3 is 6.03 Å². The Balaban J connectivity index is 1.82. The number of methoxy groups -OCH3 is 2. The van der Waals surface area contributed by atoms with Gasteiger partial charge in [0.1, 0.15) is 17.2 Å². The molecule has 0 aliphatic rings. The maximum absolute atomic E-state index is 12.0. The van der Waals surface area contributed by atoms with E-state index in [2.05, 4.69) is 10.6 Å². The van der Waals surface area contributed by atoms with Crippen molar-refractivity contribution in [3.05, 3.63) is 48.0 Å². The van der Waals surface area contributed by atoms with E-state index in [1.165, 1.54) is 0 Å². The summed E-state index contributed by atoms with van der Waals surface area (Å²) in [6.07, 6.45) is 0.736. The maximum atomic E-state index is 12.0. The van der Waals surface area contributed by atoms with Crippen molar-refractivity contribution in [2.75, 3.05) is 32.7 Å².